The summed E-state index contributed by atoms with van der Waals surface area (Å²) in [6.45, 7) is 0.587. The molecule has 1 N–H and O–H groups in total. The Hall–Kier alpha value is -1.55. The molecule has 23 heavy (non-hydrogen) atoms. The zero-order valence-corrected chi connectivity index (χ0v) is 14.0. The fourth-order valence-corrected chi connectivity index (χ4v) is 3.65. The number of benzene rings is 1. The third-order valence-electron chi connectivity index (χ3n) is 4.86. The summed E-state index contributed by atoms with van der Waals surface area (Å²) in [5, 5.41) is 3.75. The van der Waals surface area contributed by atoms with Crippen molar-refractivity contribution in [3.05, 3.63) is 29.3 Å². The highest BCUT2D eigenvalue weighted by atomic mass is 35.5. The monoisotopic (exact) mass is 334 g/mol. The van der Waals surface area contributed by atoms with Gasteiger partial charge in [0.1, 0.15) is 5.92 Å². The van der Waals surface area contributed by atoms with E-state index in [9.17, 15) is 9.59 Å². The number of hydrogen-bond acceptors (Lipinski definition) is 2. The average molecular weight is 335 g/mol. The topological polar surface area (TPSA) is 49.4 Å². The van der Waals surface area contributed by atoms with Gasteiger partial charge in [0, 0.05) is 23.3 Å². The third kappa shape index (κ3) is 3.86. The molecule has 0 radical (unpaired) electrons. The minimum absolute atomic E-state index is 0.0987. The lowest BCUT2D eigenvalue weighted by Crippen LogP contribution is -2.41. The Kier molecular flexibility index (Phi) is 5.21. The standard InChI is InChI=1S/C18H23ClN2O2/c19-13-7-9-15(10-8-13)21-12-11-16(18(21)23)17(22)20-14-5-3-1-2-4-6-14/h7-10,14,16H,1-6,11-12H2,(H,20,22)/t16-/m1/s1. The summed E-state index contributed by atoms with van der Waals surface area (Å²) in [6, 6.07) is 7.42. The second kappa shape index (κ2) is 7.35. The van der Waals surface area contributed by atoms with Crippen molar-refractivity contribution in [3.63, 3.8) is 0 Å². The Balaban J connectivity index is 1.61. The average Bonchev–Trinajstić information content (AvgIpc) is 2.75. The molecule has 4 nitrogen and oxygen atoms in total. The van der Waals surface area contributed by atoms with Crippen LogP contribution in [0.15, 0.2) is 24.3 Å². The summed E-state index contributed by atoms with van der Waals surface area (Å²) >= 11 is 5.89. The lowest BCUT2D eigenvalue weighted by atomic mass is 10.0. The SMILES string of the molecule is O=C(NC1CCCCCC1)[C@H]1CCN(c2ccc(Cl)cc2)C1=O. The van der Waals surface area contributed by atoms with E-state index in [1.807, 2.05) is 12.1 Å². The highest BCUT2D eigenvalue weighted by molar-refractivity contribution is 6.30. The normalized spacial score (nSPS) is 22.9. The van der Waals surface area contributed by atoms with E-state index in [0.29, 0.717) is 18.0 Å². The summed E-state index contributed by atoms with van der Waals surface area (Å²) < 4.78 is 0. The lowest BCUT2D eigenvalue weighted by molar-refractivity contribution is -0.132. The van der Waals surface area contributed by atoms with E-state index in [4.69, 9.17) is 11.6 Å². The summed E-state index contributed by atoms with van der Waals surface area (Å²) in [7, 11) is 0. The van der Waals surface area contributed by atoms with Gasteiger partial charge in [-0.1, -0.05) is 37.3 Å². The van der Waals surface area contributed by atoms with Crippen LogP contribution >= 0.6 is 11.6 Å². The van der Waals surface area contributed by atoms with Crippen LogP contribution in [0.1, 0.15) is 44.9 Å². The first kappa shape index (κ1) is 16.3. The number of nitrogens with one attached hydrogen (secondary N) is 1. The van der Waals surface area contributed by atoms with Crippen LogP contribution in [-0.2, 0) is 9.59 Å². The zero-order valence-electron chi connectivity index (χ0n) is 13.3. The number of amides is 2. The van der Waals surface area contributed by atoms with E-state index in [-0.39, 0.29) is 17.9 Å². The van der Waals surface area contributed by atoms with Crippen molar-refractivity contribution >= 4 is 29.1 Å². The molecule has 2 amide bonds. The van der Waals surface area contributed by atoms with Gasteiger partial charge in [-0.05, 0) is 43.5 Å². The fraction of sp³-hybridized carbons (Fsp3) is 0.556. The number of rotatable bonds is 3. The van der Waals surface area contributed by atoms with E-state index in [2.05, 4.69) is 5.32 Å². The molecule has 0 bridgehead atoms. The van der Waals surface area contributed by atoms with Crippen molar-refractivity contribution in [3.8, 4) is 0 Å². The third-order valence-corrected chi connectivity index (χ3v) is 5.11. The second-order valence-electron chi connectivity index (χ2n) is 6.50. The molecular formula is C18H23ClN2O2. The molecule has 124 valence electrons. The number of carbonyl (C=O) groups is 2. The molecule has 2 fully saturated rings. The Labute approximate surface area is 142 Å². The molecule has 0 unspecified atom stereocenters. The van der Waals surface area contributed by atoms with Gasteiger partial charge in [0.15, 0.2) is 0 Å². The van der Waals surface area contributed by atoms with Gasteiger partial charge in [-0.3, -0.25) is 9.59 Å². The molecule has 3 rings (SSSR count). The quantitative estimate of drug-likeness (QED) is 0.679. The van der Waals surface area contributed by atoms with E-state index >= 15 is 0 Å². The highest BCUT2D eigenvalue weighted by Crippen LogP contribution is 2.27. The van der Waals surface area contributed by atoms with Gasteiger partial charge in [0.05, 0.1) is 0 Å². The Morgan fingerprint density at radius 3 is 2.35 bits per heavy atom. The van der Waals surface area contributed by atoms with Crippen LogP contribution < -0.4 is 10.2 Å². The maximum atomic E-state index is 12.6. The van der Waals surface area contributed by atoms with Crippen LogP contribution in [0.3, 0.4) is 0 Å². The molecule has 0 aromatic heterocycles. The highest BCUT2D eigenvalue weighted by Gasteiger charge is 2.38. The summed E-state index contributed by atoms with van der Waals surface area (Å²) in [6.07, 6.45) is 7.49. The van der Waals surface area contributed by atoms with Crippen molar-refractivity contribution in [1.29, 1.82) is 0 Å². The van der Waals surface area contributed by atoms with Crippen molar-refractivity contribution in [2.45, 2.75) is 51.0 Å². The van der Waals surface area contributed by atoms with Crippen LogP contribution in [0.2, 0.25) is 5.02 Å². The van der Waals surface area contributed by atoms with Crippen LogP contribution in [0, 0.1) is 5.92 Å². The number of hydrogen-bond donors (Lipinski definition) is 1. The van der Waals surface area contributed by atoms with Gasteiger partial charge >= 0.3 is 0 Å². The molecule has 2 aliphatic rings. The first-order chi connectivity index (χ1) is 11.1. The fourth-order valence-electron chi connectivity index (χ4n) is 3.53. The van der Waals surface area contributed by atoms with Crippen molar-refractivity contribution in [2.24, 2.45) is 5.92 Å². The summed E-state index contributed by atoms with van der Waals surface area (Å²) in [5.74, 6) is -0.745. The number of nitrogens with zero attached hydrogens (tertiary/aromatic N) is 1. The summed E-state index contributed by atoms with van der Waals surface area (Å²) in [5.41, 5.74) is 0.809. The number of carbonyl (C=O) groups excluding carboxylic acids is 2. The Morgan fingerprint density at radius 1 is 1.04 bits per heavy atom. The Bertz CT molecular complexity index is 565. The molecular weight excluding hydrogens is 312 g/mol. The minimum atomic E-state index is -0.547. The number of anilines is 1. The van der Waals surface area contributed by atoms with Crippen LogP contribution in [-0.4, -0.2) is 24.4 Å². The van der Waals surface area contributed by atoms with E-state index in [1.54, 1.807) is 17.0 Å². The van der Waals surface area contributed by atoms with Gasteiger partial charge in [0.2, 0.25) is 11.8 Å². The van der Waals surface area contributed by atoms with Crippen LogP contribution in [0.5, 0.6) is 0 Å². The maximum Gasteiger partial charge on any atom is 0.239 e. The molecule has 1 aliphatic heterocycles. The van der Waals surface area contributed by atoms with Crippen molar-refractivity contribution in [2.75, 3.05) is 11.4 Å². The number of halogens is 1. The van der Waals surface area contributed by atoms with Gasteiger partial charge in [0.25, 0.3) is 0 Å². The van der Waals surface area contributed by atoms with Gasteiger partial charge < -0.3 is 10.2 Å². The van der Waals surface area contributed by atoms with Gasteiger partial charge in [-0.2, -0.15) is 0 Å². The van der Waals surface area contributed by atoms with Crippen molar-refractivity contribution in [1.82, 2.24) is 5.32 Å². The second-order valence-corrected chi connectivity index (χ2v) is 6.94. The molecule has 5 heteroatoms. The summed E-state index contributed by atoms with van der Waals surface area (Å²) in [4.78, 5) is 26.7. The molecule has 1 heterocycles. The molecule has 0 spiro atoms. The predicted octanol–water partition coefficient (Wildman–Crippen LogP) is 3.53. The molecule has 1 aromatic rings. The van der Waals surface area contributed by atoms with Gasteiger partial charge in [-0.25, -0.2) is 0 Å². The molecule has 1 aromatic carbocycles. The molecule has 1 saturated heterocycles. The van der Waals surface area contributed by atoms with Crippen LogP contribution in [0.25, 0.3) is 0 Å². The largest absolute Gasteiger partial charge is 0.353 e. The molecule has 1 aliphatic carbocycles. The van der Waals surface area contributed by atoms with E-state index in [0.717, 1.165) is 18.5 Å². The van der Waals surface area contributed by atoms with Crippen molar-refractivity contribution < 1.29 is 9.59 Å². The lowest BCUT2D eigenvalue weighted by Gasteiger charge is -2.19. The van der Waals surface area contributed by atoms with Gasteiger partial charge in [-0.15, -0.1) is 0 Å². The zero-order chi connectivity index (χ0) is 16.2. The maximum absolute atomic E-state index is 12.6. The predicted molar refractivity (Wildman–Crippen MR) is 91.5 cm³/mol. The first-order valence-corrected chi connectivity index (χ1v) is 8.90. The Morgan fingerprint density at radius 2 is 1.70 bits per heavy atom. The van der Waals surface area contributed by atoms with E-state index < -0.39 is 5.92 Å². The first-order valence-electron chi connectivity index (χ1n) is 8.52. The smallest absolute Gasteiger partial charge is 0.239 e. The molecule has 1 saturated carbocycles. The molecule has 1 atom stereocenters. The van der Waals surface area contributed by atoms with Crippen LogP contribution in [0.4, 0.5) is 5.69 Å². The van der Waals surface area contributed by atoms with E-state index in [1.165, 1.54) is 25.7 Å². The minimum Gasteiger partial charge on any atom is -0.353 e.